The number of amides is 2. The summed E-state index contributed by atoms with van der Waals surface area (Å²) in [4.78, 5) is 35.0. The van der Waals surface area contributed by atoms with Gasteiger partial charge in [-0.3, -0.25) is 9.59 Å². The molecular formula is C16H20N2O5. The highest BCUT2D eigenvalue weighted by atomic mass is 16.5. The van der Waals surface area contributed by atoms with Gasteiger partial charge >= 0.3 is 5.97 Å². The average molecular weight is 320 g/mol. The van der Waals surface area contributed by atoms with Gasteiger partial charge in [-0.2, -0.15) is 0 Å². The number of aryl methyl sites for hydroxylation is 1. The first-order valence-corrected chi connectivity index (χ1v) is 7.40. The van der Waals surface area contributed by atoms with Crippen molar-refractivity contribution in [2.75, 3.05) is 20.3 Å². The molecule has 2 amide bonds. The third-order valence-corrected chi connectivity index (χ3v) is 3.87. The van der Waals surface area contributed by atoms with Crippen LogP contribution in [0, 0.1) is 0 Å². The van der Waals surface area contributed by atoms with E-state index in [1.165, 1.54) is 0 Å². The number of benzene rings is 1. The molecule has 1 aliphatic rings. The van der Waals surface area contributed by atoms with Gasteiger partial charge in [0.15, 0.2) is 5.54 Å². The number of hydrogen-bond donors (Lipinski definition) is 3. The van der Waals surface area contributed by atoms with Gasteiger partial charge in [-0.05, 0) is 24.1 Å². The van der Waals surface area contributed by atoms with E-state index in [4.69, 9.17) is 4.74 Å². The zero-order valence-electron chi connectivity index (χ0n) is 12.9. The van der Waals surface area contributed by atoms with Gasteiger partial charge < -0.3 is 20.5 Å². The molecule has 0 saturated carbocycles. The SMILES string of the molecule is CNC(=O)c1cccc(CCC(=O)NC2(C(=O)O)CCOC2)c1. The van der Waals surface area contributed by atoms with E-state index >= 15 is 0 Å². The van der Waals surface area contributed by atoms with E-state index in [9.17, 15) is 19.5 Å². The van der Waals surface area contributed by atoms with Crippen molar-refractivity contribution in [3.8, 4) is 0 Å². The summed E-state index contributed by atoms with van der Waals surface area (Å²) in [6.45, 7) is 0.307. The summed E-state index contributed by atoms with van der Waals surface area (Å²) in [5, 5.41) is 14.4. The predicted molar refractivity (Wildman–Crippen MR) is 82.1 cm³/mol. The molecule has 3 N–H and O–H groups in total. The third kappa shape index (κ3) is 4.07. The lowest BCUT2D eigenvalue weighted by Gasteiger charge is -2.23. The van der Waals surface area contributed by atoms with Crippen LogP contribution in [0.3, 0.4) is 0 Å². The minimum atomic E-state index is -1.32. The van der Waals surface area contributed by atoms with Gasteiger partial charge in [0.05, 0.1) is 6.61 Å². The van der Waals surface area contributed by atoms with Crippen LogP contribution in [0.4, 0.5) is 0 Å². The van der Waals surface area contributed by atoms with Gasteiger partial charge in [-0.15, -0.1) is 0 Å². The standard InChI is InChI=1S/C16H20N2O5/c1-17-14(20)12-4-2-3-11(9-12)5-6-13(19)18-16(15(21)22)7-8-23-10-16/h2-4,9H,5-8,10H2,1H3,(H,17,20)(H,18,19)(H,21,22). The minimum Gasteiger partial charge on any atom is -0.479 e. The van der Waals surface area contributed by atoms with Crippen molar-refractivity contribution in [1.82, 2.24) is 10.6 Å². The molecule has 0 spiro atoms. The number of ether oxygens (including phenoxy) is 1. The highest BCUT2D eigenvalue weighted by Gasteiger charge is 2.43. The van der Waals surface area contributed by atoms with Gasteiger partial charge in [0, 0.05) is 32.1 Å². The molecular weight excluding hydrogens is 300 g/mol. The van der Waals surface area contributed by atoms with Crippen molar-refractivity contribution >= 4 is 17.8 Å². The highest BCUT2D eigenvalue weighted by Crippen LogP contribution is 2.19. The van der Waals surface area contributed by atoms with Crippen LogP contribution in [0.1, 0.15) is 28.8 Å². The minimum absolute atomic E-state index is 0.0137. The summed E-state index contributed by atoms with van der Waals surface area (Å²) in [6.07, 6.45) is 0.833. The largest absolute Gasteiger partial charge is 0.479 e. The second-order valence-electron chi connectivity index (χ2n) is 5.52. The van der Waals surface area contributed by atoms with E-state index < -0.39 is 11.5 Å². The summed E-state index contributed by atoms with van der Waals surface area (Å²) < 4.78 is 5.10. The van der Waals surface area contributed by atoms with E-state index in [1.807, 2.05) is 6.07 Å². The normalized spacial score (nSPS) is 20.0. The molecule has 1 atom stereocenters. The Labute approximate surface area is 134 Å². The molecule has 1 heterocycles. The molecule has 0 radical (unpaired) electrons. The number of aliphatic carboxylic acids is 1. The van der Waals surface area contributed by atoms with Gasteiger partial charge in [0.1, 0.15) is 0 Å². The van der Waals surface area contributed by atoms with Gasteiger partial charge in [0.2, 0.25) is 5.91 Å². The Balaban J connectivity index is 1.94. The molecule has 124 valence electrons. The van der Waals surface area contributed by atoms with E-state index in [-0.39, 0.29) is 31.3 Å². The fraction of sp³-hybridized carbons (Fsp3) is 0.438. The number of carbonyl (C=O) groups is 3. The van der Waals surface area contributed by atoms with Crippen LogP contribution in [-0.2, 0) is 20.7 Å². The van der Waals surface area contributed by atoms with Crippen LogP contribution in [0.2, 0.25) is 0 Å². The molecule has 23 heavy (non-hydrogen) atoms. The second-order valence-corrected chi connectivity index (χ2v) is 5.52. The lowest BCUT2D eigenvalue weighted by molar-refractivity contribution is -0.147. The van der Waals surface area contributed by atoms with Crippen LogP contribution in [-0.4, -0.2) is 48.7 Å². The number of carboxylic acids is 1. The van der Waals surface area contributed by atoms with Crippen LogP contribution < -0.4 is 10.6 Å². The molecule has 0 aromatic heterocycles. The number of rotatable bonds is 6. The van der Waals surface area contributed by atoms with Crippen molar-refractivity contribution in [1.29, 1.82) is 0 Å². The van der Waals surface area contributed by atoms with E-state index in [1.54, 1.807) is 25.2 Å². The topological polar surface area (TPSA) is 105 Å². The first kappa shape index (κ1) is 17.0. The maximum Gasteiger partial charge on any atom is 0.331 e. The number of nitrogens with one attached hydrogen (secondary N) is 2. The van der Waals surface area contributed by atoms with Gasteiger partial charge in [0.25, 0.3) is 5.91 Å². The Morgan fingerprint density at radius 3 is 2.74 bits per heavy atom. The Kier molecular flexibility index (Phi) is 5.33. The van der Waals surface area contributed by atoms with Crippen molar-refractivity contribution in [2.24, 2.45) is 0 Å². The summed E-state index contributed by atoms with van der Waals surface area (Å²) in [5.74, 6) is -1.61. The maximum atomic E-state index is 12.0. The smallest absolute Gasteiger partial charge is 0.331 e. The van der Waals surface area contributed by atoms with Crippen molar-refractivity contribution < 1.29 is 24.2 Å². The summed E-state index contributed by atoms with van der Waals surface area (Å²) >= 11 is 0. The van der Waals surface area contributed by atoms with Crippen molar-refractivity contribution in [3.63, 3.8) is 0 Å². The van der Waals surface area contributed by atoms with Crippen molar-refractivity contribution in [3.05, 3.63) is 35.4 Å². The number of hydrogen-bond acceptors (Lipinski definition) is 4. The molecule has 1 unspecified atom stereocenters. The molecule has 1 aromatic rings. The number of carbonyl (C=O) groups excluding carboxylic acids is 2. The molecule has 2 rings (SSSR count). The van der Waals surface area contributed by atoms with Crippen molar-refractivity contribution in [2.45, 2.75) is 24.8 Å². The summed E-state index contributed by atoms with van der Waals surface area (Å²) in [6, 6.07) is 6.99. The van der Waals surface area contributed by atoms with Crippen LogP contribution >= 0.6 is 0 Å². The van der Waals surface area contributed by atoms with Crippen LogP contribution in [0.25, 0.3) is 0 Å². The summed E-state index contributed by atoms with van der Waals surface area (Å²) in [7, 11) is 1.55. The lowest BCUT2D eigenvalue weighted by Crippen LogP contribution is -2.55. The van der Waals surface area contributed by atoms with Gasteiger partial charge in [-0.1, -0.05) is 12.1 Å². The monoisotopic (exact) mass is 320 g/mol. The first-order chi connectivity index (χ1) is 11.0. The molecule has 0 bridgehead atoms. The molecule has 1 aromatic carbocycles. The Bertz CT molecular complexity index is 608. The van der Waals surface area contributed by atoms with E-state index in [0.29, 0.717) is 18.6 Å². The Morgan fingerprint density at radius 2 is 2.13 bits per heavy atom. The predicted octanol–water partition coefficient (Wildman–Crippen LogP) is 0.339. The molecule has 0 aliphatic carbocycles. The van der Waals surface area contributed by atoms with Crippen LogP contribution in [0.5, 0.6) is 0 Å². The fourth-order valence-electron chi connectivity index (χ4n) is 2.49. The molecule has 1 saturated heterocycles. The third-order valence-electron chi connectivity index (χ3n) is 3.87. The number of carboxylic acid groups (broad SMARTS) is 1. The zero-order valence-corrected chi connectivity index (χ0v) is 12.9. The van der Waals surface area contributed by atoms with Crippen LogP contribution in [0.15, 0.2) is 24.3 Å². The average Bonchev–Trinajstić information content (AvgIpc) is 3.02. The Morgan fingerprint density at radius 1 is 1.35 bits per heavy atom. The maximum absolute atomic E-state index is 12.0. The molecule has 7 nitrogen and oxygen atoms in total. The fourth-order valence-corrected chi connectivity index (χ4v) is 2.49. The summed E-state index contributed by atoms with van der Waals surface area (Å²) in [5.41, 5.74) is 0.0472. The second kappa shape index (κ2) is 7.23. The van der Waals surface area contributed by atoms with E-state index in [2.05, 4.69) is 10.6 Å². The quantitative estimate of drug-likeness (QED) is 0.701. The Hall–Kier alpha value is -2.41. The van der Waals surface area contributed by atoms with Gasteiger partial charge in [-0.25, -0.2) is 4.79 Å². The molecule has 1 fully saturated rings. The first-order valence-electron chi connectivity index (χ1n) is 7.40. The molecule has 7 heteroatoms. The molecule has 1 aliphatic heterocycles. The highest BCUT2D eigenvalue weighted by molar-refractivity contribution is 5.94. The zero-order chi connectivity index (χ0) is 16.9. The lowest BCUT2D eigenvalue weighted by atomic mass is 9.98. The van der Waals surface area contributed by atoms with E-state index in [0.717, 1.165) is 5.56 Å².